The fraction of sp³-hybridized carbons (Fsp3) is 0.923. The van der Waals surface area contributed by atoms with Crippen LogP contribution < -0.4 is 31.9 Å². The molecular formula is C78H130N6O55. The van der Waals surface area contributed by atoms with Crippen molar-refractivity contribution in [2.45, 2.75) is 386 Å². The van der Waals surface area contributed by atoms with E-state index in [0.29, 0.717) is 0 Å². The molecule has 0 unspecified atom stereocenters. The lowest BCUT2D eigenvalue weighted by molar-refractivity contribution is -0.400. The van der Waals surface area contributed by atoms with Crippen LogP contribution in [0.4, 0.5) is 0 Å². The first-order valence-electron chi connectivity index (χ1n) is 44.5. The fourth-order valence-corrected chi connectivity index (χ4v) is 18.2. The Morgan fingerprint density at radius 3 is 0.719 bits per heavy atom. The Morgan fingerprint density at radius 2 is 0.410 bits per heavy atom. The highest BCUT2D eigenvalue weighted by molar-refractivity contribution is 5.75. The number of carbonyl (C=O) groups excluding carboxylic acids is 6. The molecule has 11 saturated heterocycles. The normalized spacial score (nSPS) is 48.3. The van der Waals surface area contributed by atoms with Gasteiger partial charge in [0.15, 0.2) is 69.2 Å². The highest BCUT2D eigenvalue weighted by Crippen LogP contribution is 2.42. The molecule has 0 aromatic rings. The molecular weight excluding hydrogens is 1900 g/mol. The van der Waals surface area contributed by atoms with Crippen LogP contribution in [0, 0.1) is 0 Å². The molecule has 61 heteroatoms. The molecule has 802 valence electrons. The maximum absolute atomic E-state index is 13.3. The molecule has 0 aromatic heterocycles. The van der Waals surface area contributed by atoms with Gasteiger partial charge in [0, 0.05) is 41.5 Å². The van der Waals surface area contributed by atoms with Gasteiger partial charge in [-0.25, -0.2) is 0 Å². The third kappa shape index (κ3) is 25.6. The average molecular weight is 2030 g/mol. The summed E-state index contributed by atoms with van der Waals surface area (Å²) < 4.78 is 126. The van der Waals surface area contributed by atoms with Crippen LogP contribution in [0.25, 0.3) is 0 Å². The van der Waals surface area contributed by atoms with Crippen LogP contribution in [0.1, 0.15) is 48.5 Å². The molecule has 11 rings (SSSR count). The molecule has 55 atom stereocenters. The van der Waals surface area contributed by atoms with E-state index < -0.39 is 439 Å². The highest BCUT2D eigenvalue weighted by atomic mass is 16.8. The van der Waals surface area contributed by atoms with E-state index in [1.54, 1.807) is 0 Å². The second-order valence-corrected chi connectivity index (χ2v) is 35.2. The van der Waals surface area contributed by atoms with Crippen LogP contribution in [0.3, 0.4) is 0 Å². The van der Waals surface area contributed by atoms with Gasteiger partial charge in [-0.15, -0.1) is 0 Å². The number of ether oxygens (including phenoxy) is 21. The number of aliphatic hydroxyl groups excluding tert-OH is 28. The Bertz CT molecular complexity index is 3900. The number of aliphatic hydroxyl groups is 28. The van der Waals surface area contributed by atoms with Gasteiger partial charge in [-0.3, -0.25) is 28.8 Å². The minimum Gasteiger partial charge on any atom is -0.394 e. The van der Waals surface area contributed by atoms with Crippen molar-refractivity contribution in [2.24, 2.45) is 0 Å². The maximum atomic E-state index is 13.3. The lowest BCUT2D eigenvalue weighted by Gasteiger charge is -2.51. The SMILES string of the molecule is CC(=O)N[C@@H]1[C@@H](O)[C@H](O[C@@H]2O[C@H](CO)[C@@H](O[C@@H]3O[C@H](CO[C@H]4O[C@H](CO)[C@@H](O)[C@H](O)[C@@H]4O[C@@H]4O[C@H](CO)[C@@H](O[C@@H]5O[C@H](CO)[C@H](O)[C@H](O[C@@H]6O[C@H](CO)[C@@H](O)[C@H](O)[C@H]6NC(C)=O)[C@H]5O)[C@H](O)[C@H]4NC(C)=O)[C@@H](O)[C@H](O[C@H]4O[C@H](CO)[C@@H](O)[C@H](O)[C@@H]4O[C@@H]4O[C@H](CO)[C@@H](O[C@@H]5O[C@H](CO)[C@H](O)[C@H](O[C@@H]6O[C@H](CO)[C@@H](O)[C@H](O)[C@H]6NC(C)=O)[C@H]5O)[C@H](O)[C@H]4NC(C)=O)[C@@H]3O)[C@H](O)[C@H]2NC(C)=O)[C@@H](C)O[C@H]1O. The zero-order chi connectivity index (χ0) is 102. The average Bonchev–Trinajstić information content (AvgIpc) is 0.657. The van der Waals surface area contributed by atoms with E-state index >= 15 is 0 Å². The molecule has 11 fully saturated rings. The molecule has 139 heavy (non-hydrogen) atoms. The lowest BCUT2D eigenvalue weighted by Crippen LogP contribution is -2.71. The molecule has 0 spiro atoms. The zero-order valence-corrected chi connectivity index (χ0v) is 75.4. The van der Waals surface area contributed by atoms with Crippen molar-refractivity contribution in [3.63, 3.8) is 0 Å². The predicted molar refractivity (Wildman–Crippen MR) is 430 cm³/mol. The van der Waals surface area contributed by atoms with Crippen LogP contribution in [0.15, 0.2) is 0 Å². The molecule has 6 amide bonds. The second-order valence-electron chi connectivity index (χ2n) is 35.2. The van der Waals surface area contributed by atoms with Crippen LogP contribution in [-0.4, -0.2) is 582 Å². The van der Waals surface area contributed by atoms with E-state index in [9.17, 15) is 172 Å². The molecule has 0 aliphatic carbocycles. The molecule has 11 heterocycles. The van der Waals surface area contributed by atoms with Crippen molar-refractivity contribution in [1.29, 1.82) is 0 Å². The summed E-state index contributed by atoms with van der Waals surface area (Å²) in [5, 5.41) is 332. The van der Waals surface area contributed by atoms with E-state index in [1.165, 1.54) is 6.92 Å². The summed E-state index contributed by atoms with van der Waals surface area (Å²) in [6.45, 7) is -4.43. The third-order valence-electron chi connectivity index (χ3n) is 25.3. The molecule has 11 aliphatic rings. The van der Waals surface area contributed by atoms with E-state index in [2.05, 4.69) is 31.9 Å². The van der Waals surface area contributed by atoms with Gasteiger partial charge in [0.2, 0.25) is 35.4 Å². The van der Waals surface area contributed by atoms with Crippen molar-refractivity contribution < 1.29 is 271 Å². The summed E-state index contributed by atoms with van der Waals surface area (Å²) in [4.78, 5) is 76.6. The Morgan fingerprint density at radius 1 is 0.201 bits per heavy atom. The van der Waals surface area contributed by atoms with E-state index in [-0.39, 0.29) is 0 Å². The quantitative estimate of drug-likeness (QED) is 0.0277. The first-order chi connectivity index (χ1) is 65.7. The Balaban J connectivity index is 0.899. The van der Waals surface area contributed by atoms with Gasteiger partial charge < -0.3 is 274 Å². The summed E-state index contributed by atoms with van der Waals surface area (Å²) in [6.07, 6.45) is -103. The highest BCUT2D eigenvalue weighted by Gasteiger charge is 2.63. The Kier molecular flexibility index (Phi) is 41.1. The van der Waals surface area contributed by atoms with Crippen LogP contribution >= 0.6 is 0 Å². The standard InChI is InChI=1S/C78H130N6O55/c1-18-59(50(109)35(68(118)120-18)79-19(2)94)131-71-38(82-22(5)97)51(110)62(31(14-91)127-71)134-76-58(117)65(137-78-67(55(114)44(103)28(11-88)126-78)139-73-40(84-24(7)99)53(112)61(33(16-93)129-73)133-75-57(116)64(46(105)30(13-90)124-75)136-70-37(81-21(4)96)49(108)42(101)26(9-86)122-70)47(106)34(130-76)17-119-77-66(54(113)43(102)27(10-87)125-77)138-72-39(83-23(6)98)52(111)60(32(15-92)128-72)132-74-56(115)63(45(104)29(12-89)123-74)135-69-36(80-20(3)95)48(107)41(100)25(8-85)121-69/h18,25-78,85-93,100-118H,8-17H2,1-7H3,(H,79,94)(H,80,95)(H,81,96)(H,82,97)(H,83,98)(H,84,99)/t18-,25-,26-,27-,28-,29-,30-,31-,32-,33-,34-,35-,36-,37-,38-,39-,40-,41-,42-,43-,44-,45+,46+,47-,48-,49-,50-,51-,52-,53-,54+,55+,56-,57-,58+,59-,60-,61-,62-,63+,64+,65+,66+,67+,68-,69+,70+,71+,72+,73+,74+,75+,76+,77+,78-/m1/s1. The molecule has 0 saturated carbocycles. The monoisotopic (exact) mass is 2030 g/mol. The van der Waals surface area contributed by atoms with Crippen molar-refractivity contribution in [3.8, 4) is 0 Å². The van der Waals surface area contributed by atoms with Crippen LogP contribution in [0.5, 0.6) is 0 Å². The van der Waals surface area contributed by atoms with Gasteiger partial charge in [0.25, 0.3) is 0 Å². The fourth-order valence-electron chi connectivity index (χ4n) is 18.2. The molecule has 0 radical (unpaired) electrons. The number of hydrogen-bond donors (Lipinski definition) is 34. The first kappa shape index (κ1) is 114. The van der Waals surface area contributed by atoms with Crippen molar-refractivity contribution in [1.82, 2.24) is 31.9 Å². The van der Waals surface area contributed by atoms with Crippen molar-refractivity contribution in [3.05, 3.63) is 0 Å². The number of rotatable bonds is 36. The Hall–Kier alpha value is -5.14. The van der Waals surface area contributed by atoms with Gasteiger partial charge >= 0.3 is 0 Å². The summed E-state index contributed by atoms with van der Waals surface area (Å²) in [5.41, 5.74) is 0. The minimum atomic E-state index is -2.64. The van der Waals surface area contributed by atoms with Crippen LogP contribution in [-0.2, 0) is 128 Å². The summed E-state index contributed by atoms with van der Waals surface area (Å²) >= 11 is 0. The van der Waals surface area contributed by atoms with Crippen LogP contribution in [0.2, 0.25) is 0 Å². The van der Waals surface area contributed by atoms with Crippen molar-refractivity contribution in [2.75, 3.05) is 66.1 Å². The largest absolute Gasteiger partial charge is 0.394 e. The van der Waals surface area contributed by atoms with Gasteiger partial charge in [0.1, 0.15) is 262 Å². The topological polar surface area (TPSA) is 935 Å². The van der Waals surface area contributed by atoms with E-state index in [0.717, 1.165) is 41.5 Å². The first-order valence-corrected chi connectivity index (χ1v) is 44.5. The van der Waals surface area contributed by atoms with Gasteiger partial charge in [-0.2, -0.15) is 0 Å². The lowest BCUT2D eigenvalue weighted by atomic mass is 9.93. The van der Waals surface area contributed by atoms with Gasteiger partial charge in [-0.1, -0.05) is 0 Å². The van der Waals surface area contributed by atoms with Crippen molar-refractivity contribution >= 4 is 35.4 Å². The van der Waals surface area contributed by atoms with E-state index in [4.69, 9.17) is 99.5 Å². The van der Waals surface area contributed by atoms with Gasteiger partial charge in [0.05, 0.1) is 72.2 Å². The minimum absolute atomic E-state index is 0.762. The summed E-state index contributed by atoms with van der Waals surface area (Å²) in [5.74, 6) is -5.39. The summed E-state index contributed by atoms with van der Waals surface area (Å²) in [6, 6.07) is -11.0. The number of amides is 6. The van der Waals surface area contributed by atoms with Gasteiger partial charge in [-0.05, 0) is 6.92 Å². The zero-order valence-electron chi connectivity index (χ0n) is 75.4. The number of hydrogen-bond acceptors (Lipinski definition) is 55. The predicted octanol–water partition coefficient (Wildman–Crippen LogP) is -23.1. The molecule has 0 bridgehead atoms. The summed E-state index contributed by atoms with van der Waals surface area (Å²) in [7, 11) is 0. The molecule has 61 nitrogen and oxygen atoms in total. The third-order valence-corrected chi connectivity index (χ3v) is 25.3. The molecule has 34 N–H and O–H groups in total. The molecule has 11 aliphatic heterocycles. The number of nitrogens with one attached hydrogen (secondary N) is 6. The van der Waals surface area contributed by atoms with E-state index in [1.807, 2.05) is 0 Å². The number of carbonyl (C=O) groups is 6. The second kappa shape index (κ2) is 50.0. The molecule has 0 aromatic carbocycles. The Labute approximate surface area is 788 Å². The maximum Gasteiger partial charge on any atom is 0.217 e. The smallest absolute Gasteiger partial charge is 0.217 e.